The van der Waals surface area contributed by atoms with Gasteiger partial charge in [0.1, 0.15) is 5.75 Å². The second-order valence-corrected chi connectivity index (χ2v) is 6.94. The third kappa shape index (κ3) is 5.61. The Bertz CT molecular complexity index is 737. The van der Waals surface area contributed by atoms with Crippen LogP contribution in [0.25, 0.3) is 0 Å². The Kier molecular flexibility index (Phi) is 8.42. The lowest BCUT2D eigenvalue weighted by Crippen LogP contribution is -2.48. The lowest BCUT2D eigenvalue weighted by molar-refractivity contribution is -0.134. The van der Waals surface area contributed by atoms with Crippen molar-refractivity contribution in [2.45, 2.75) is 25.3 Å². The van der Waals surface area contributed by atoms with Crippen molar-refractivity contribution in [3.05, 3.63) is 64.7 Å². The smallest absolute Gasteiger partial charge is 0.223 e. The van der Waals surface area contributed by atoms with Crippen molar-refractivity contribution in [3.63, 3.8) is 0 Å². The zero-order valence-corrected chi connectivity index (χ0v) is 17.1. The highest BCUT2D eigenvalue weighted by Crippen LogP contribution is 2.29. The molecule has 1 fully saturated rings. The number of aryl methyl sites for hydroxylation is 1. The van der Waals surface area contributed by atoms with Crippen LogP contribution in [-0.4, -0.2) is 37.6 Å². The predicted octanol–water partition coefficient (Wildman–Crippen LogP) is 4.27. The third-order valence-electron chi connectivity index (χ3n) is 4.84. The van der Waals surface area contributed by atoms with Gasteiger partial charge in [0.05, 0.1) is 13.2 Å². The minimum Gasteiger partial charge on any atom is -0.497 e. The molecule has 0 aliphatic carbocycles. The largest absolute Gasteiger partial charge is 0.497 e. The Labute approximate surface area is 172 Å². The Morgan fingerprint density at radius 2 is 1.96 bits per heavy atom. The summed E-state index contributed by atoms with van der Waals surface area (Å²) in [4.78, 5) is 14.8. The quantitative estimate of drug-likeness (QED) is 0.775. The van der Waals surface area contributed by atoms with Crippen LogP contribution in [0.3, 0.4) is 0 Å². The van der Waals surface area contributed by atoms with Crippen molar-refractivity contribution in [1.82, 2.24) is 10.2 Å². The normalized spacial score (nSPS) is 16.5. The average molecular weight is 409 g/mol. The second kappa shape index (κ2) is 10.5. The van der Waals surface area contributed by atoms with Gasteiger partial charge in [-0.2, -0.15) is 0 Å². The van der Waals surface area contributed by atoms with Crippen molar-refractivity contribution in [2.75, 3.05) is 26.7 Å². The van der Waals surface area contributed by atoms with Gasteiger partial charge in [0.25, 0.3) is 0 Å². The van der Waals surface area contributed by atoms with Gasteiger partial charge in [-0.05, 0) is 42.2 Å². The maximum Gasteiger partial charge on any atom is 0.223 e. The van der Waals surface area contributed by atoms with Crippen LogP contribution in [0.1, 0.15) is 30.0 Å². The van der Waals surface area contributed by atoms with Gasteiger partial charge in [-0.1, -0.05) is 41.9 Å². The van der Waals surface area contributed by atoms with Gasteiger partial charge in [-0.15, -0.1) is 12.4 Å². The fourth-order valence-corrected chi connectivity index (χ4v) is 3.67. The Balaban J connectivity index is 0.00000261. The van der Waals surface area contributed by atoms with Gasteiger partial charge >= 0.3 is 0 Å². The standard InChI is InChI=1S/C21H25ClN2O2.ClH/c1-26-17-11-9-16(10-12-17)5-4-8-21(25)24-14-13-23-15-20(24)18-6-2-3-7-19(18)22;/h2-3,6-7,9-12,20,23H,4-5,8,13-15H2,1H3;1H. The van der Waals surface area contributed by atoms with Crippen molar-refractivity contribution in [3.8, 4) is 5.75 Å². The first-order valence-electron chi connectivity index (χ1n) is 9.06. The number of carbonyl (C=O) groups is 1. The van der Waals surface area contributed by atoms with Crippen molar-refractivity contribution >= 4 is 29.9 Å². The zero-order chi connectivity index (χ0) is 18.4. The summed E-state index contributed by atoms with van der Waals surface area (Å²) in [5, 5.41) is 4.09. The van der Waals surface area contributed by atoms with Crippen LogP contribution in [0.4, 0.5) is 0 Å². The number of nitrogens with one attached hydrogen (secondary N) is 1. The molecule has 0 spiro atoms. The van der Waals surface area contributed by atoms with E-state index in [2.05, 4.69) is 17.4 Å². The number of ether oxygens (including phenoxy) is 1. The maximum atomic E-state index is 12.8. The number of hydrogen-bond acceptors (Lipinski definition) is 3. The Morgan fingerprint density at radius 1 is 1.22 bits per heavy atom. The minimum absolute atomic E-state index is 0. The number of halogens is 2. The number of methoxy groups -OCH3 is 1. The SMILES string of the molecule is COc1ccc(CCCC(=O)N2CCNCC2c2ccccc2Cl)cc1.Cl. The number of rotatable bonds is 6. The summed E-state index contributed by atoms with van der Waals surface area (Å²) in [5.41, 5.74) is 2.24. The molecule has 0 saturated carbocycles. The molecule has 1 unspecified atom stereocenters. The molecule has 0 radical (unpaired) electrons. The van der Waals surface area contributed by atoms with Crippen LogP contribution in [0.15, 0.2) is 48.5 Å². The fourth-order valence-electron chi connectivity index (χ4n) is 3.41. The van der Waals surface area contributed by atoms with E-state index in [-0.39, 0.29) is 24.4 Å². The van der Waals surface area contributed by atoms with Crippen LogP contribution in [-0.2, 0) is 11.2 Å². The number of hydrogen-bond donors (Lipinski definition) is 1. The zero-order valence-electron chi connectivity index (χ0n) is 15.5. The monoisotopic (exact) mass is 408 g/mol. The average Bonchev–Trinajstić information content (AvgIpc) is 2.69. The van der Waals surface area contributed by atoms with E-state index in [1.165, 1.54) is 5.56 Å². The van der Waals surface area contributed by atoms with E-state index in [1.54, 1.807) is 7.11 Å². The molecule has 2 aromatic carbocycles. The number of benzene rings is 2. The molecule has 1 aliphatic rings. The summed E-state index contributed by atoms with van der Waals surface area (Å²) in [6, 6.07) is 15.8. The molecule has 1 aliphatic heterocycles. The van der Waals surface area contributed by atoms with E-state index in [1.807, 2.05) is 41.3 Å². The van der Waals surface area contributed by atoms with Crippen LogP contribution < -0.4 is 10.1 Å². The fraction of sp³-hybridized carbons (Fsp3) is 0.381. The van der Waals surface area contributed by atoms with Crippen LogP contribution >= 0.6 is 24.0 Å². The van der Waals surface area contributed by atoms with E-state index >= 15 is 0 Å². The Hall–Kier alpha value is -1.75. The highest BCUT2D eigenvalue weighted by Gasteiger charge is 2.28. The van der Waals surface area contributed by atoms with E-state index < -0.39 is 0 Å². The molecule has 4 nitrogen and oxygen atoms in total. The number of nitrogens with zero attached hydrogens (tertiary/aromatic N) is 1. The predicted molar refractivity (Wildman–Crippen MR) is 112 cm³/mol. The van der Waals surface area contributed by atoms with Crippen molar-refractivity contribution < 1.29 is 9.53 Å². The van der Waals surface area contributed by atoms with Gasteiger partial charge in [0.2, 0.25) is 5.91 Å². The highest BCUT2D eigenvalue weighted by molar-refractivity contribution is 6.31. The number of carbonyl (C=O) groups excluding carboxylic acids is 1. The second-order valence-electron chi connectivity index (χ2n) is 6.53. The summed E-state index contributed by atoms with van der Waals surface area (Å²) >= 11 is 6.36. The molecule has 1 N–H and O–H groups in total. The van der Waals surface area contributed by atoms with E-state index in [9.17, 15) is 4.79 Å². The topological polar surface area (TPSA) is 41.6 Å². The van der Waals surface area contributed by atoms with Gasteiger partial charge in [-0.25, -0.2) is 0 Å². The van der Waals surface area contributed by atoms with Gasteiger partial charge in [0, 0.05) is 31.1 Å². The summed E-state index contributed by atoms with van der Waals surface area (Å²) < 4.78 is 5.18. The molecule has 1 atom stereocenters. The molecule has 0 bridgehead atoms. The van der Waals surface area contributed by atoms with Gasteiger partial charge in [0.15, 0.2) is 0 Å². The molecule has 1 saturated heterocycles. The van der Waals surface area contributed by atoms with E-state index in [4.69, 9.17) is 16.3 Å². The molecular weight excluding hydrogens is 383 g/mol. The first-order chi connectivity index (χ1) is 12.7. The molecule has 1 heterocycles. The van der Waals surface area contributed by atoms with Crippen molar-refractivity contribution in [2.24, 2.45) is 0 Å². The van der Waals surface area contributed by atoms with E-state index in [0.29, 0.717) is 6.42 Å². The van der Waals surface area contributed by atoms with Gasteiger partial charge in [-0.3, -0.25) is 4.79 Å². The molecule has 146 valence electrons. The van der Waals surface area contributed by atoms with Crippen molar-refractivity contribution in [1.29, 1.82) is 0 Å². The van der Waals surface area contributed by atoms with E-state index in [0.717, 1.165) is 48.8 Å². The van der Waals surface area contributed by atoms with Crippen LogP contribution in [0, 0.1) is 0 Å². The first kappa shape index (κ1) is 21.5. The number of piperazine rings is 1. The van der Waals surface area contributed by atoms with Crippen LogP contribution in [0.5, 0.6) is 5.75 Å². The lowest BCUT2D eigenvalue weighted by atomic mass is 10.0. The minimum atomic E-state index is 0. The maximum absolute atomic E-state index is 12.8. The Morgan fingerprint density at radius 3 is 2.67 bits per heavy atom. The summed E-state index contributed by atoms with van der Waals surface area (Å²) in [6.07, 6.45) is 2.27. The summed E-state index contributed by atoms with van der Waals surface area (Å²) in [6.45, 7) is 2.29. The van der Waals surface area contributed by atoms with Crippen LogP contribution in [0.2, 0.25) is 5.02 Å². The summed E-state index contributed by atoms with van der Waals surface area (Å²) in [7, 11) is 1.66. The summed E-state index contributed by atoms with van der Waals surface area (Å²) in [5.74, 6) is 1.05. The third-order valence-corrected chi connectivity index (χ3v) is 5.19. The molecule has 6 heteroatoms. The highest BCUT2D eigenvalue weighted by atomic mass is 35.5. The molecule has 0 aromatic heterocycles. The number of amides is 1. The van der Waals surface area contributed by atoms with Gasteiger partial charge < -0.3 is 15.0 Å². The molecular formula is C21H26Cl2N2O2. The molecule has 2 aromatic rings. The lowest BCUT2D eigenvalue weighted by Gasteiger charge is -2.37. The first-order valence-corrected chi connectivity index (χ1v) is 9.44. The molecule has 27 heavy (non-hydrogen) atoms. The molecule has 1 amide bonds. The molecule has 3 rings (SSSR count).